The Labute approximate surface area is 166 Å². The van der Waals surface area contributed by atoms with Gasteiger partial charge in [0.25, 0.3) is 0 Å². The SMILES string of the molecule is CCOC(=O)C(Nc1ccc(C#N)cc1)c1cc(C)cc(NC2CCCC2)c1. The molecule has 146 valence electrons. The van der Waals surface area contributed by atoms with Crippen molar-refractivity contribution in [2.75, 3.05) is 17.2 Å². The Balaban J connectivity index is 1.87. The fraction of sp³-hybridized carbons (Fsp3) is 0.391. The van der Waals surface area contributed by atoms with Gasteiger partial charge in [-0.2, -0.15) is 5.26 Å². The number of carbonyl (C=O) groups excluding carboxylic acids is 1. The number of nitriles is 1. The van der Waals surface area contributed by atoms with Crippen molar-refractivity contribution in [3.05, 3.63) is 59.2 Å². The maximum Gasteiger partial charge on any atom is 0.333 e. The van der Waals surface area contributed by atoms with Gasteiger partial charge in [-0.05, 0) is 74.2 Å². The third-order valence-corrected chi connectivity index (χ3v) is 5.01. The van der Waals surface area contributed by atoms with Crippen LogP contribution >= 0.6 is 0 Å². The lowest BCUT2D eigenvalue weighted by molar-refractivity contribution is -0.144. The maximum atomic E-state index is 12.7. The topological polar surface area (TPSA) is 74.1 Å². The van der Waals surface area contributed by atoms with Crippen LogP contribution in [0, 0.1) is 18.3 Å². The molecule has 0 spiro atoms. The predicted molar refractivity (Wildman–Crippen MR) is 111 cm³/mol. The molecule has 2 aromatic carbocycles. The molecule has 28 heavy (non-hydrogen) atoms. The van der Waals surface area contributed by atoms with E-state index in [1.807, 2.05) is 19.1 Å². The molecule has 5 heteroatoms. The van der Waals surface area contributed by atoms with E-state index in [0.717, 1.165) is 22.5 Å². The molecule has 0 amide bonds. The normalized spacial score (nSPS) is 14.9. The smallest absolute Gasteiger partial charge is 0.333 e. The van der Waals surface area contributed by atoms with E-state index in [9.17, 15) is 4.79 Å². The molecule has 1 atom stereocenters. The van der Waals surface area contributed by atoms with Gasteiger partial charge in [-0.3, -0.25) is 0 Å². The first-order valence-corrected chi connectivity index (χ1v) is 9.90. The zero-order chi connectivity index (χ0) is 19.9. The monoisotopic (exact) mass is 377 g/mol. The van der Waals surface area contributed by atoms with E-state index in [1.165, 1.54) is 25.7 Å². The minimum absolute atomic E-state index is 0.315. The Morgan fingerprint density at radius 3 is 2.54 bits per heavy atom. The fourth-order valence-corrected chi connectivity index (χ4v) is 3.68. The summed E-state index contributed by atoms with van der Waals surface area (Å²) in [6.07, 6.45) is 4.91. The van der Waals surface area contributed by atoms with E-state index >= 15 is 0 Å². The van der Waals surface area contributed by atoms with Gasteiger partial charge in [0.15, 0.2) is 6.04 Å². The summed E-state index contributed by atoms with van der Waals surface area (Å²) in [5, 5.41) is 15.9. The largest absolute Gasteiger partial charge is 0.464 e. The second-order valence-corrected chi connectivity index (χ2v) is 7.28. The molecule has 1 saturated carbocycles. The Kier molecular flexibility index (Phi) is 6.54. The summed E-state index contributed by atoms with van der Waals surface area (Å²) in [5.41, 5.74) is 4.34. The Hall–Kier alpha value is -3.00. The van der Waals surface area contributed by atoms with Crippen molar-refractivity contribution in [2.45, 2.75) is 51.6 Å². The van der Waals surface area contributed by atoms with E-state index < -0.39 is 6.04 Å². The zero-order valence-electron chi connectivity index (χ0n) is 16.5. The number of nitrogens with zero attached hydrogens (tertiary/aromatic N) is 1. The van der Waals surface area contributed by atoms with Crippen LogP contribution in [0.5, 0.6) is 0 Å². The molecule has 0 aromatic heterocycles. The summed E-state index contributed by atoms with van der Waals surface area (Å²) in [6, 6.07) is 15.2. The zero-order valence-corrected chi connectivity index (χ0v) is 16.5. The van der Waals surface area contributed by atoms with Crippen molar-refractivity contribution in [3.63, 3.8) is 0 Å². The van der Waals surface area contributed by atoms with Crippen molar-refractivity contribution < 1.29 is 9.53 Å². The summed E-state index contributed by atoms with van der Waals surface area (Å²) in [4.78, 5) is 12.7. The highest BCUT2D eigenvalue weighted by Crippen LogP contribution is 2.28. The van der Waals surface area contributed by atoms with Crippen molar-refractivity contribution in [1.82, 2.24) is 0 Å². The van der Waals surface area contributed by atoms with Crippen LogP contribution in [0.4, 0.5) is 11.4 Å². The van der Waals surface area contributed by atoms with Crippen LogP contribution in [0.15, 0.2) is 42.5 Å². The lowest BCUT2D eigenvalue weighted by Crippen LogP contribution is -2.24. The van der Waals surface area contributed by atoms with Crippen molar-refractivity contribution >= 4 is 17.3 Å². The minimum atomic E-state index is -0.614. The highest BCUT2D eigenvalue weighted by Gasteiger charge is 2.23. The molecule has 2 aromatic rings. The van der Waals surface area contributed by atoms with Crippen LogP contribution in [0.2, 0.25) is 0 Å². The number of ether oxygens (including phenoxy) is 1. The molecule has 0 heterocycles. The van der Waals surface area contributed by atoms with Gasteiger partial charge in [0.2, 0.25) is 0 Å². The predicted octanol–water partition coefficient (Wildman–Crippen LogP) is 4.94. The lowest BCUT2D eigenvalue weighted by atomic mass is 10.0. The van der Waals surface area contributed by atoms with Crippen LogP contribution in [0.1, 0.15) is 55.3 Å². The standard InChI is InChI=1S/C23H27N3O2/c1-3-28-23(27)22(26-20-10-8-17(15-24)9-11-20)18-12-16(2)13-21(14-18)25-19-6-4-5-7-19/h8-14,19,22,25-26H,3-7H2,1-2H3. The van der Waals surface area contributed by atoms with Gasteiger partial charge in [-0.25, -0.2) is 4.79 Å². The highest BCUT2D eigenvalue weighted by molar-refractivity contribution is 5.81. The molecule has 0 saturated heterocycles. The number of hydrogen-bond acceptors (Lipinski definition) is 5. The molecule has 3 rings (SSSR count). The second-order valence-electron chi connectivity index (χ2n) is 7.28. The van der Waals surface area contributed by atoms with Crippen LogP contribution < -0.4 is 10.6 Å². The number of nitrogens with one attached hydrogen (secondary N) is 2. The van der Waals surface area contributed by atoms with Gasteiger partial charge in [0, 0.05) is 17.4 Å². The third-order valence-electron chi connectivity index (χ3n) is 5.01. The van der Waals surface area contributed by atoms with Crippen LogP contribution in [-0.2, 0) is 9.53 Å². The molecular formula is C23H27N3O2. The molecule has 1 aliphatic carbocycles. The Morgan fingerprint density at radius 2 is 1.89 bits per heavy atom. The average Bonchev–Trinajstić information content (AvgIpc) is 3.19. The number of aryl methyl sites for hydroxylation is 1. The number of hydrogen-bond donors (Lipinski definition) is 2. The summed E-state index contributed by atoms with van der Waals surface area (Å²) in [5.74, 6) is -0.315. The second kappa shape index (κ2) is 9.27. The van der Waals surface area contributed by atoms with Crippen molar-refractivity contribution in [3.8, 4) is 6.07 Å². The minimum Gasteiger partial charge on any atom is -0.464 e. The van der Waals surface area contributed by atoms with E-state index in [4.69, 9.17) is 10.00 Å². The maximum absolute atomic E-state index is 12.7. The molecule has 1 fully saturated rings. The lowest BCUT2D eigenvalue weighted by Gasteiger charge is -2.21. The number of benzene rings is 2. The average molecular weight is 377 g/mol. The summed E-state index contributed by atoms with van der Waals surface area (Å²) in [7, 11) is 0. The fourth-order valence-electron chi connectivity index (χ4n) is 3.68. The quantitative estimate of drug-likeness (QED) is 0.669. The van der Waals surface area contributed by atoms with E-state index in [0.29, 0.717) is 18.2 Å². The van der Waals surface area contributed by atoms with Crippen LogP contribution in [-0.4, -0.2) is 18.6 Å². The summed E-state index contributed by atoms with van der Waals surface area (Å²) < 4.78 is 5.31. The van der Waals surface area contributed by atoms with Gasteiger partial charge in [-0.15, -0.1) is 0 Å². The third kappa shape index (κ3) is 5.04. The first-order chi connectivity index (χ1) is 13.6. The van der Waals surface area contributed by atoms with Gasteiger partial charge in [-0.1, -0.05) is 18.9 Å². The number of carbonyl (C=O) groups is 1. The van der Waals surface area contributed by atoms with E-state index in [1.54, 1.807) is 31.2 Å². The first kappa shape index (κ1) is 19.8. The van der Waals surface area contributed by atoms with E-state index in [2.05, 4.69) is 22.8 Å². The molecular weight excluding hydrogens is 350 g/mol. The molecule has 2 N–H and O–H groups in total. The Morgan fingerprint density at radius 1 is 1.18 bits per heavy atom. The van der Waals surface area contributed by atoms with Crippen LogP contribution in [0.25, 0.3) is 0 Å². The molecule has 1 aliphatic rings. The molecule has 0 aliphatic heterocycles. The Bertz CT molecular complexity index is 849. The van der Waals surface area contributed by atoms with Gasteiger partial charge >= 0.3 is 5.97 Å². The van der Waals surface area contributed by atoms with Gasteiger partial charge in [0.1, 0.15) is 0 Å². The highest BCUT2D eigenvalue weighted by atomic mass is 16.5. The summed E-state index contributed by atoms with van der Waals surface area (Å²) >= 11 is 0. The van der Waals surface area contributed by atoms with E-state index in [-0.39, 0.29) is 5.97 Å². The molecule has 0 bridgehead atoms. The number of anilines is 2. The number of rotatable bonds is 7. The van der Waals surface area contributed by atoms with Crippen molar-refractivity contribution in [2.24, 2.45) is 0 Å². The molecule has 1 unspecified atom stereocenters. The summed E-state index contributed by atoms with van der Waals surface area (Å²) in [6.45, 7) is 4.16. The molecule has 5 nitrogen and oxygen atoms in total. The van der Waals surface area contributed by atoms with Crippen LogP contribution in [0.3, 0.4) is 0 Å². The van der Waals surface area contributed by atoms with Gasteiger partial charge < -0.3 is 15.4 Å². The first-order valence-electron chi connectivity index (χ1n) is 9.90. The van der Waals surface area contributed by atoms with Crippen molar-refractivity contribution in [1.29, 1.82) is 5.26 Å². The van der Waals surface area contributed by atoms with Gasteiger partial charge in [0.05, 0.1) is 18.2 Å². The number of esters is 1. The molecule has 0 radical (unpaired) electrons.